The van der Waals surface area contributed by atoms with Crippen molar-refractivity contribution in [2.45, 2.75) is 18.3 Å². The molecular formula is C20H19FN2O4. The highest BCUT2D eigenvalue weighted by Gasteiger charge is 2.51. The summed E-state index contributed by atoms with van der Waals surface area (Å²) in [5, 5.41) is 5.28. The molecule has 2 N–H and O–H groups in total. The van der Waals surface area contributed by atoms with Gasteiger partial charge >= 0.3 is 5.97 Å². The van der Waals surface area contributed by atoms with Crippen LogP contribution < -0.4 is 10.6 Å². The number of ether oxygens (including phenoxy) is 1. The summed E-state index contributed by atoms with van der Waals surface area (Å²) in [5.74, 6) is -1.45. The summed E-state index contributed by atoms with van der Waals surface area (Å²) in [6.45, 7) is -0.214. The number of rotatable bonds is 6. The molecule has 6 nitrogen and oxygen atoms in total. The SMILES string of the molecule is COC(=O)CNC(=O)c1ccc(NC(=O)C2(c3ccc(F)cc3)CC2)cc1. The second-order valence-corrected chi connectivity index (χ2v) is 6.38. The van der Waals surface area contributed by atoms with Gasteiger partial charge in [0, 0.05) is 11.3 Å². The predicted molar refractivity (Wildman–Crippen MR) is 96.7 cm³/mol. The van der Waals surface area contributed by atoms with E-state index in [1.54, 1.807) is 36.4 Å². The second-order valence-electron chi connectivity index (χ2n) is 6.38. The van der Waals surface area contributed by atoms with Crippen LogP contribution in [0, 0.1) is 5.82 Å². The van der Waals surface area contributed by atoms with Crippen LogP contribution in [-0.4, -0.2) is 31.4 Å². The molecule has 0 saturated heterocycles. The van der Waals surface area contributed by atoms with Gasteiger partial charge in [-0.05, 0) is 54.8 Å². The van der Waals surface area contributed by atoms with Crippen molar-refractivity contribution in [1.29, 1.82) is 0 Å². The Bertz CT molecular complexity index is 859. The number of nitrogens with one attached hydrogen (secondary N) is 2. The Morgan fingerprint density at radius 2 is 1.67 bits per heavy atom. The van der Waals surface area contributed by atoms with E-state index < -0.39 is 17.3 Å². The van der Waals surface area contributed by atoms with Crippen LogP contribution in [0.15, 0.2) is 48.5 Å². The van der Waals surface area contributed by atoms with Crippen LogP contribution in [0.5, 0.6) is 0 Å². The van der Waals surface area contributed by atoms with Crippen LogP contribution >= 0.6 is 0 Å². The number of hydrogen-bond acceptors (Lipinski definition) is 4. The van der Waals surface area contributed by atoms with Gasteiger partial charge in [-0.25, -0.2) is 4.39 Å². The van der Waals surface area contributed by atoms with Crippen LogP contribution in [0.2, 0.25) is 0 Å². The fraction of sp³-hybridized carbons (Fsp3) is 0.250. The molecule has 0 bridgehead atoms. The minimum atomic E-state index is -0.621. The van der Waals surface area contributed by atoms with E-state index in [4.69, 9.17) is 0 Å². The molecule has 2 amide bonds. The zero-order chi connectivity index (χ0) is 19.4. The first-order valence-electron chi connectivity index (χ1n) is 8.47. The number of esters is 1. The van der Waals surface area contributed by atoms with Gasteiger partial charge in [0.2, 0.25) is 5.91 Å². The van der Waals surface area contributed by atoms with Crippen molar-refractivity contribution in [3.8, 4) is 0 Å². The van der Waals surface area contributed by atoms with E-state index in [0.717, 1.165) is 5.56 Å². The fourth-order valence-corrected chi connectivity index (χ4v) is 2.82. The molecule has 0 unspecified atom stereocenters. The van der Waals surface area contributed by atoms with E-state index in [9.17, 15) is 18.8 Å². The number of halogens is 1. The minimum Gasteiger partial charge on any atom is -0.468 e. The maximum Gasteiger partial charge on any atom is 0.325 e. The molecule has 0 heterocycles. The summed E-state index contributed by atoms with van der Waals surface area (Å²) in [5.41, 5.74) is 1.08. The highest BCUT2D eigenvalue weighted by atomic mass is 19.1. The Morgan fingerprint density at radius 1 is 1.04 bits per heavy atom. The maximum absolute atomic E-state index is 13.1. The van der Waals surface area contributed by atoms with E-state index in [2.05, 4.69) is 15.4 Å². The number of carbonyl (C=O) groups excluding carboxylic acids is 3. The third-order valence-electron chi connectivity index (χ3n) is 4.61. The molecule has 0 aliphatic heterocycles. The van der Waals surface area contributed by atoms with Crippen LogP contribution in [0.4, 0.5) is 10.1 Å². The van der Waals surface area contributed by atoms with Crippen molar-refractivity contribution < 1.29 is 23.5 Å². The van der Waals surface area contributed by atoms with Crippen LogP contribution in [0.25, 0.3) is 0 Å². The molecule has 3 rings (SSSR count). The summed E-state index contributed by atoms with van der Waals surface area (Å²) in [6, 6.07) is 12.3. The minimum absolute atomic E-state index is 0.156. The number of hydrogen-bond donors (Lipinski definition) is 2. The van der Waals surface area contributed by atoms with Crippen LogP contribution in [0.1, 0.15) is 28.8 Å². The number of anilines is 1. The molecule has 7 heteroatoms. The molecule has 1 fully saturated rings. The lowest BCUT2D eigenvalue weighted by molar-refractivity contribution is -0.139. The van der Waals surface area contributed by atoms with Crippen molar-refractivity contribution in [1.82, 2.24) is 5.32 Å². The Morgan fingerprint density at radius 3 is 2.22 bits per heavy atom. The summed E-state index contributed by atoms with van der Waals surface area (Å²) < 4.78 is 17.6. The van der Waals surface area contributed by atoms with E-state index in [1.807, 2.05) is 0 Å². The average molecular weight is 370 g/mol. The molecule has 140 valence electrons. The monoisotopic (exact) mass is 370 g/mol. The topological polar surface area (TPSA) is 84.5 Å². The van der Waals surface area contributed by atoms with E-state index in [0.29, 0.717) is 24.1 Å². The second kappa shape index (κ2) is 7.57. The molecule has 0 atom stereocenters. The predicted octanol–water partition coefficient (Wildman–Crippen LogP) is 2.40. The van der Waals surface area contributed by atoms with E-state index in [1.165, 1.54) is 19.2 Å². The molecule has 2 aromatic carbocycles. The maximum atomic E-state index is 13.1. The first-order chi connectivity index (χ1) is 12.9. The lowest BCUT2D eigenvalue weighted by Gasteiger charge is -2.16. The van der Waals surface area contributed by atoms with Gasteiger partial charge in [0.1, 0.15) is 12.4 Å². The standard InChI is InChI=1S/C20H19FN2O4/c1-27-17(24)12-22-18(25)13-2-8-16(9-3-13)23-19(26)20(10-11-20)14-4-6-15(21)7-5-14/h2-9H,10-12H2,1H3,(H,22,25)(H,23,26). The smallest absolute Gasteiger partial charge is 0.325 e. The molecule has 1 aliphatic rings. The lowest BCUT2D eigenvalue weighted by Crippen LogP contribution is -2.30. The third kappa shape index (κ3) is 4.13. The Balaban J connectivity index is 1.63. The third-order valence-corrected chi connectivity index (χ3v) is 4.61. The van der Waals surface area contributed by atoms with Gasteiger partial charge in [-0.1, -0.05) is 12.1 Å². The highest BCUT2D eigenvalue weighted by molar-refractivity contribution is 6.02. The van der Waals surface area contributed by atoms with E-state index >= 15 is 0 Å². The Hall–Kier alpha value is -3.22. The van der Waals surface area contributed by atoms with Gasteiger partial charge in [-0.3, -0.25) is 14.4 Å². The van der Waals surface area contributed by atoms with Crippen LogP contribution in [-0.2, 0) is 19.7 Å². The summed E-state index contributed by atoms with van der Waals surface area (Å²) in [7, 11) is 1.24. The molecule has 0 spiro atoms. The lowest BCUT2D eigenvalue weighted by atomic mass is 9.95. The van der Waals surface area contributed by atoms with Crippen molar-refractivity contribution in [3.05, 3.63) is 65.5 Å². The molecule has 0 aromatic heterocycles. The van der Waals surface area contributed by atoms with Gasteiger partial charge in [0.05, 0.1) is 12.5 Å². The quantitative estimate of drug-likeness (QED) is 0.765. The molecular weight excluding hydrogens is 351 g/mol. The molecule has 1 saturated carbocycles. The molecule has 27 heavy (non-hydrogen) atoms. The van der Waals surface area contributed by atoms with Gasteiger partial charge < -0.3 is 15.4 Å². The van der Waals surface area contributed by atoms with Crippen molar-refractivity contribution in [2.75, 3.05) is 19.0 Å². The Labute approximate surface area is 155 Å². The van der Waals surface area contributed by atoms with Crippen molar-refractivity contribution in [2.24, 2.45) is 0 Å². The molecule has 0 radical (unpaired) electrons. The number of benzene rings is 2. The van der Waals surface area contributed by atoms with Crippen molar-refractivity contribution in [3.63, 3.8) is 0 Å². The van der Waals surface area contributed by atoms with Crippen molar-refractivity contribution >= 4 is 23.5 Å². The van der Waals surface area contributed by atoms with E-state index in [-0.39, 0.29) is 18.3 Å². The number of methoxy groups -OCH3 is 1. The van der Waals surface area contributed by atoms with Gasteiger partial charge in [0.15, 0.2) is 0 Å². The molecule has 1 aliphatic carbocycles. The average Bonchev–Trinajstić information content (AvgIpc) is 3.49. The Kier molecular flexibility index (Phi) is 5.21. The summed E-state index contributed by atoms with van der Waals surface area (Å²) in [4.78, 5) is 35.7. The largest absolute Gasteiger partial charge is 0.468 e. The van der Waals surface area contributed by atoms with Crippen LogP contribution in [0.3, 0.4) is 0 Å². The fourth-order valence-electron chi connectivity index (χ4n) is 2.82. The summed E-state index contributed by atoms with van der Waals surface area (Å²) in [6.07, 6.45) is 1.41. The summed E-state index contributed by atoms with van der Waals surface area (Å²) >= 11 is 0. The first-order valence-corrected chi connectivity index (χ1v) is 8.47. The highest BCUT2D eigenvalue weighted by Crippen LogP contribution is 2.49. The number of carbonyl (C=O) groups is 3. The zero-order valence-corrected chi connectivity index (χ0v) is 14.8. The molecule has 2 aromatic rings. The van der Waals surface area contributed by atoms with Gasteiger partial charge in [-0.15, -0.1) is 0 Å². The normalized spacial score (nSPS) is 14.1. The van der Waals surface area contributed by atoms with Gasteiger partial charge in [0.25, 0.3) is 5.91 Å². The van der Waals surface area contributed by atoms with Gasteiger partial charge in [-0.2, -0.15) is 0 Å². The zero-order valence-electron chi connectivity index (χ0n) is 14.8. The first kappa shape index (κ1) is 18.6. The number of amides is 2.